The number of aliphatic hydroxyl groups is 2. The Balaban J connectivity index is 2.20. The van der Waals surface area contributed by atoms with E-state index in [4.69, 9.17) is 19.3 Å². The molecular formula is C11H19NO6. The van der Waals surface area contributed by atoms with Gasteiger partial charge in [-0.2, -0.15) is 0 Å². The highest BCUT2D eigenvalue weighted by molar-refractivity contribution is 5.73. The van der Waals surface area contributed by atoms with Crippen LogP contribution in [0.15, 0.2) is 0 Å². The smallest absolute Gasteiger partial charge is 0.217 e. The zero-order chi connectivity index (χ0) is 13.5. The maximum atomic E-state index is 11.2. The second kappa shape index (κ2) is 4.75. The van der Waals surface area contributed by atoms with E-state index in [0.29, 0.717) is 0 Å². The summed E-state index contributed by atoms with van der Waals surface area (Å²) in [6, 6.07) is -0.667. The first-order chi connectivity index (χ1) is 8.34. The Morgan fingerprint density at radius 1 is 1.39 bits per heavy atom. The van der Waals surface area contributed by atoms with Crippen molar-refractivity contribution in [3.05, 3.63) is 0 Å². The summed E-state index contributed by atoms with van der Waals surface area (Å²) in [4.78, 5) is 11.2. The van der Waals surface area contributed by atoms with Gasteiger partial charge in [-0.15, -0.1) is 0 Å². The lowest BCUT2D eigenvalue weighted by Gasteiger charge is -2.39. The highest BCUT2D eigenvalue weighted by Gasteiger charge is 2.54. The van der Waals surface area contributed by atoms with E-state index in [-0.39, 0.29) is 12.5 Å². The summed E-state index contributed by atoms with van der Waals surface area (Å²) >= 11 is 0. The van der Waals surface area contributed by atoms with E-state index in [9.17, 15) is 9.90 Å². The molecule has 0 aromatic carbocycles. The van der Waals surface area contributed by atoms with Crippen LogP contribution in [-0.2, 0) is 19.0 Å². The van der Waals surface area contributed by atoms with Crippen LogP contribution in [0.1, 0.15) is 20.8 Å². The molecule has 104 valence electrons. The van der Waals surface area contributed by atoms with Gasteiger partial charge in [-0.25, -0.2) is 0 Å². The Morgan fingerprint density at radius 2 is 2.06 bits per heavy atom. The molecule has 2 saturated heterocycles. The van der Waals surface area contributed by atoms with E-state index in [0.717, 1.165) is 0 Å². The fraction of sp³-hybridized carbons (Fsp3) is 0.909. The van der Waals surface area contributed by atoms with Gasteiger partial charge in [0.15, 0.2) is 12.1 Å². The molecule has 2 aliphatic rings. The lowest BCUT2D eigenvalue weighted by molar-refractivity contribution is -0.239. The summed E-state index contributed by atoms with van der Waals surface area (Å²) in [6.07, 6.45) is -3.16. The van der Waals surface area contributed by atoms with E-state index in [2.05, 4.69) is 5.32 Å². The Bertz CT molecular complexity index is 333. The van der Waals surface area contributed by atoms with Crippen molar-refractivity contribution in [2.75, 3.05) is 6.61 Å². The Labute approximate surface area is 105 Å². The normalized spacial score (nSPS) is 42.4. The number of ether oxygens (including phenoxy) is 3. The van der Waals surface area contributed by atoms with Crippen molar-refractivity contribution in [3.8, 4) is 0 Å². The third-order valence-corrected chi connectivity index (χ3v) is 3.05. The zero-order valence-electron chi connectivity index (χ0n) is 10.6. The van der Waals surface area contributed by atoms with E-state index in [1.165, 1.54) is 6.92 Å². The summed E-state index contributed by atoms with van der Waals surface area (Å²) in [6.45, 7) is 4.44. The first-order valence-electron chi connectivity index (χ1n) is 5.91. The molecule has 0 radical (unpaired) electrons. The SMILES string of the molecule is CC(=O)N[C@@H]1[C@H](O)[C@@H](CO)O[C@@H]2OC(C)(C)O[C@@H]21. The van der Waals surface area contributed by atoms with E-state index in [1.54, 1.807) is 13.8 Å². The predicted octanol–water partition coefficient (Wildman–Crippen LogP) is -1.28. The maximum Gasteiger partial charge on any atom is 0.217 e. The van der Waals surface area contributed by atoms with Crippen LogP contribution in [0, 0.1) is 0 Å². The van der Waals surface area contributed by atoms with Crippen LogP contribution in [0.25, 0.3) is 0 Å². The number of aliphatic hydroxyl groups excluding tert-OH is 2. The van der Waals surface area contributed by atoms with Gasteiger partial charge in [-0.3, -0.25) is 4.79 Å². The van der Waals surface area contributed by atoms with Gasteiger partial charge in [-0.05, 0) is 13.8 Å². The number of carbonyl (C=O) groups is 1. The first kappa shape index (κ1) is 13.7. The van der Waals surface area contributed by atoms with Crippen molar-refractivity contribution in [2.45, 2.75) is 57.2 Å². The van der Waals surface area contributed by atoms with Gasteiger partial charge in [0.05, 0.1) is 12.6 Å². The van der Waals surface area contributed by atoms with Crippen molar-refractivity contribution in [3.63, 3.8) is 0 Å². The largest absolute Gasteiger partial charge is 0.394 e. The van der Waals surface area contributed by atoms with Gasteiger partial charge in [-0.1, -0.05) is 0 Å². The molecule has 5 atom stereocenters. The quantitative estimate of drug-likeness (QED) is 0.573. The molecule has 7 heteroatoms. The molecule has 0 bridgehead atoms. The van der Waals surface area contributed by atoms with E-state index >= 15 is 0 Å². The minimum absolute atomic E-state index is 0.287. The van der Waals surface area contributed by atoms with Gasteiger partial charge in [0.25, 0.3) is 0 Å². The van der Waals surface area contributed by atoms with Gasteiger partial charge in [0.2, 0.25) is 5.91 Å². The molecule has 0 aromatic rings. The summed E-state index contributed by atoms with van der Waals surface area (Å²) < 4.78 is 16.6. The third kappa shape index (κ3) is 2.50. The second-order valence-electron chi connectivity index (χ2n) is 5.04. The molecule has 2 heterocycles. The molecule has 0 aliphatic carbocycles. The number of hydrogen-bond donors (Lipinski definition) is 3. The Kier molecular flexibility index (Phi) is 3.61. The molecular weight excluding hydrogens is 242 g/mol. The fourth-order valence-corrected chi connectivity index (χ4v) is 2.34. The lowest BCUT2D eigenvalue weighted by Crippen LogP contribution is -2.63. The predicted molar refractivity (Wildman–Crippen MR) is 59.4 cm³/mol. The number of fused-ring (bicyclic) bond motifs is 1. The minimum atomic E-state index is -1.04. The second-order valence-corrected chi connectivity index (χ2v) is 5.04. The van der Waals surface area contributed by atoms with Crippen LogP contribution in [0.4, 0.5) is 0 Å². The molecule has 0 unspecified atom stereocenters. The summed E-state index contributed by atoms with van der Waals surface area (Å²) in [5.41, 5.74) is 0. The average Bonchev–Trinajstić information content (AvgIpc) is 2.56. The third-order valence-electron chi connectivity index (χ3n) is 3.05. The van der Waals surface area contributed by atoms with Crippen LogP contribution in [0.2, 0.25) is 0 Å². The summed E-state index contributed by atoms with van der Waals surface area (Å²) in [7, 11) is 0. The highest BCUT2D eigenvalue weighted by Crippen LogP contribution is 2.36. The molecule has 1 amide bonds. The van der Waals surface area contributed by atoms with Gasteiger partial charge < -0.3 is 29.7 Å². The van der Waals surface area contributed by atoms with Crippen molar-refractivity contribution in [2.24, 2.45) is 0 Å². The number of hydrogen-bond acceptors (Lipinski definition) is 6. The molecule has 2 fully saturated rings. The van der Waals surface area contributed by atoms with Crippen LogP contribution < -0.4 is 5.32 Å². The van der Waals surface area contributed by atoms with Gasteiger partial charge in [0.1, 0.15) is 18.3 Å². The van der Waals surface area contributed by atoms with Crippen LogP contribution >= 0.6 is 0 Å². The van der Waals surface area contributed by atoms with E-state index < -0.39 is 36.4 Å². The van der Waals surface area contributed by atoms with Crippen molar-refractivity contribution < 1.29 is 29.2 Å². The maximum absolute atomic E-state index is 11.2. The van der Waals surface area contributed by atoms with Crippen molar-refractivity contribution in [1.82, 2.24) is 5.32 Å². The van der Waals surface area contributed by atoms with Crippen molar-refractivity contribution in [1.29, 1.82) is 0 Å². The molecule has 2 rings (SSSR count). The molecule has 0 saturated carbocycles. The number of rotatable bonds is 2. The number of amides is 1. The van der Waals surface area contributed by atoms with Gasteiger partial charge in [0, 0.05) is 6.92 Å². The lowest BCUT2D eigenvalue weighted by atomic mass is 9.96. The minimum Gasteiger partial charge on any atom is -0.394 e. The Hall–Kier alpha value is -0.730. The number of carbonyl (C=O) groups excluding carboxylic acids is 1. The number of nitrogens with one attached hydrogen (secondary N) is 1. The molecule has 3 N–H and O–H groups in total. The fourth-order valence-electron chi connectivity index (χ4n) is 2.34. The topological polar surface area (TPSA) is 97.3 Å². The van der Waals surface area contributed by atoms with Crippen LogP contribution in [-0.4, -0.2) is 59.2 Å². The molecule has 7 nitrogen and oxygen atoms in total. The van der Waals surface area contributed by atoms with E-state index in [1.807, 2.05) is 0 Å². The average molecular weight is 261 g/mol. The molecule has 18 heavy (non-hydrogen) atoms. The first-order valence-corrected chi connectivity index (χ1v) is 5.91. The van der Waals surface area contributed by atoms with Crippen LogP contribution in [0.3, 0.4) is 0 Å². The highest BCUT2D eigenvalue weighted by atomic mass is 16.8. The molecule has 2 aliphatic heterocycles. The standard InChI is InChI=1S/C11H19NO6/c1-5(14)12-7-8(15)6(4-13)16-10-9(7)17-11(2,3)18-10/h6-10,13,15H,4H2,1-3H3,(H,12,14)/t6-,7-,8-,9-,10-/m1/s1. The monoisotopic (exact) mass is 261 g/mol. The van der Waals surface area contributed by atoms with Gasteiger partial charge >= 0.3 is 0 Å². The molecule has 0 spiro atoms. The van der Waals surface area contributed by atoms with Crippen LogP contribution in [0.5, 0.6) is 0 Å². The Morgan fingerprint density at radius 3 is 2.61 bits per heavy atom. The summed E-state index contributed by atoms with van der Waals surface area (Å²) in [5.74, 6) is -1.14. The molecule has 0 aromatic heterocycles. The zero-order valence-corrected chi connectivity index (χ0v) is 10.6. The van der Waals surface area contributed by atoms with Crippen molar-refractivity contribution >= 4 is 5.91 Å². The summed E-state index contributed by atoms with van der Waals surface area (Å²) in [5, 5.41) is 21.8.